The summed E-state index contributed by atoms with van der Waals surface area (Å²) in [5.74, 6) is -0.324. The molecule has 9 heteroatoms. The van der Waals surface area contributed by atoms with Crippen LogP contribution in [0.25, 0.3) is 0 Å². The lowest BCUT2D eigenvalue weighted by Gasteiger charge is -2.54. The molecule has 1 aromatic carbocycles. The van der Waals surface area contributed by atoms with Crippen molar-refractivity contribution < 1.29 is 19.4 Å². The van der Waals surface area contributed by atoms with Crippen molar-refractivity contribution in [3.8, 4) is 0 Å². The van der Waals surface area contributed by atoms with E-state index >= 15 is 0 Å². The number of hydrogen-bond acceptors (Lipinski definition) is 5. The summed E-state index contributed by atoms with van der Waals surface area (Å²) < 4.78 is 5.95. The highest BCUT2D eigenvalue weighted by molar-refractivity contribution is 6.42. The minimum Gasteiger partial charge on any atom is -0.381 e. The van der Waals surface area contributed by atoms with E-state index in [1.165, 1.54) is 13.8 Å². The molecule has 0 aliphatic carbocycles. The predicted molar refractivity (Wildman–Crippen MR) is 123 cm³/mol. The van der Waals surface area contributed by atoms with Crippen LogP contribution in [0.5, 0.6) is 0 Å². The Hall–Kier alpha value is -1.38. The van der Waals surface area contributed by atoms with Crippen molar-refractivity contribution in [2.24, 2.45) is 0 Å². The SMILES string of the molecule is CC(C)(O)C(=O)N1CCN(C(=O)Cc2ccc(Cl)c(Cl)c2)[C@H]2[C@H]1COC[C@@H]2N1CCCC1. The van der Waals surface area contributed by atoms with Crippen LogP contribution in [0.4, 0.5) is 0 Å². The third-order valence-corrected chi connectivity index (χ3v) is 7.50. The van der Waals surface area contributed by atoms with E-state index in [0.29, 0.717) is 36.3 Å². The Balaban J connectivity index is 1.61. The molecule has 0 aromatic heterocycles. The topological polar surface area (TPSA) is 73.3 Å². The molecule has 0 radical (unpaired) electrons. The van der Waals surface area contributed by atoms with Gasteiger partial charge in [0.1, 0.15) is 5.60 Å². The maximum Gasteiger partial charge on any atom is 0.254 e. The maximum atomic E-state index is 13.5. The molecular formula is C23H31Cl2N3O4. The molecule has 0 unspecified atom stereocenters. The molecule has 4 rings (SSSR count). The van der Waals surface area contributed by atoms with Gasteiger partial charge in [-0.05, 0) is 57.5 Å². The summed E-state index contributed by atoms with van der Waals surface area (Å²) in [6, 6.07) is 4.80. The van der Waals surface area contributed by atoms with Crippen molar-refractivity contribution in [3.05, 3.63) is 33.8 Å². The van der Waals surface area contributed by atoms with Gasteiger partial charge in [-0.25, -0.2) is 0 Å². The average Bonchev–Trinajstić information content (AvgIpc) is 3.28. The van der Waals surface area contributed by atoms with Crippen LogP contribution in [0.15, 0.2) is 18.2 Å². The molecule has 0 bridgehead atoms. The molecule has 1 N–H and O–H groups in total. The van der Waals surface area contributed by atoms with Crippen molar-refractivity contribution in [1.82, 2.24) is 14.7 Å². The number of ether oxygens (including phenoxy) is 1. The summed E-state index contributed by atoms with van der Waals surface area (Å²) in [6.45, 7) is 6.62. The zero-order valence-electron chi connectivity index (χ0n) is 18.6. The van der Waals surface area contributed by atoms with E-state index in [0.717, 1.165) is 31.5 Å². The number of amides is 2. The summed E-state index contributed by atoms with van der Waals surface area (Å²) >= 11 is 12.2. The highest BCUT2D eigenvalue weighted by atomic mass is 35.5. The van der Waals surface area contributed by atoms with Crippen LogP contribution < -0.4 is 0 Å². The van der Waals surface area contributed by atoms with Gasteiger partial charge in [0.15, 0.2) is 0 Å². The molecule has 3 heterocycles. The van der Waals surface area contributed by atoms with Crippen molar-refractivity contribution in [1.29, 1.82) is 0 Å². The van der Waals surface area contributed by atoms with Crippen LogP contribution in [0.2, 0.25) is 10.0 Å². The van der Waals surface area contributed by atoms with E-state index in [-0.39, 0.29) is 36.4 Å². The average molecular weight is 484 g/mol. The first-order valence-corrected chi connectivity index (χ1v) is 12.0. The molecule has 0 spiro atoms. The molecule has 32 heavy (non-hydrogen) atoms. The fraction of sp³-hybridized carbons (Fsp3) is 0.652. The van der Waals surface area contributed by atoms with Gasteiger partial charge in [0, 0.05) is 13.1 Å². The number of aliphatic hydroxyl groups is 1. The number of rotatable bonds is 4. The first kappa shape index (κ1) is 23.8. The fourth-order valence-electron chi connectivity index (χ4n) is 5.20. The van der Waals surface area contributed by atoms with Crippen molar-refractivity contribution in [2.75, 3.05) is 39.4 Å². The summed E-state index contributed by atoms with van der Waals surface area (Å²) in [4.78, 5) is 32.5. The van der Waals surface area contributed by atoms with E-state index < -0.39 is 5.60 Å². The van der Waals surface area contributed by atoms with Gasteiger partial charge >= 0.3 is 0 Å². The fourth-order valence-corrected chi connectivity index (χ4v) is 5.52. The molecule has 3 aliphatic heterocycles. The summed E-state index contributed by atoms with van der Waals surface area (Å²) in [7, 11) is 0. The number of fused-ring (bicyclic) bond motifs is 1. The first-order valence-electron chi connectivity index (χ1n) is 11.3. The normalized spacial score (nSPS) is 26.8. The highest BCUT2D eigenvalue weighted by Crippen LogP contribution is 2.31. The molecule has 1 aromatic rings. The number of benzene rings is 1. The number of carbonyl (C=O) groups excluding carboxylic acids is 2. The van der Waals surface area contributed by atoms with Crippen molar-refractivity contribution in [3.63, 3.8) is 0 Å². The molecule has 7 nitrogen and oxygen atoms in total. The van der Waals surface area contributed by atoms with Gasteiger partial charge in [-0.1, -0.05) is 29.3 Å². The molecule has 3 saturated heterocycles. The lowest BCUT2D eigenvalue weighted by molar-refractivity contribution is -0.172. The molecule has 0 saturated carbocycles. The number of likely N-dealkylation sites (tertiary alicyclic amines) is 1. The van der Waals surface area contributed by atoms with Gasteiger partial charge in [0.05, 0.1) is 47.8 Å². The second kappa shape index (κ2) is 9.47. The minimum absolute atomic E-state index is 0.000145. The number of piperazine rings is 1. The van der Waals surface area contributed by atoms with Crippen LogP contribution in [0.1, 0.15) is 32.3 Å². The molecule has 3 fully saturated rings. The molecular weight excluding hydrogens is 453 g/mol. The Morgan fingerprint density at radius 2 is 1.69 bits per heavy atom. The van der Waals surface area contributed by atoms with Gasteiger partial charge in [-0.15, -0.1) is 0 Å². The zero-order valence-corrected chi connectivity index (χ0v) is 20.1. The second-order valence-electron chi connectivity index (χ2n) is 9.48. The first-order chi connectivity index (χ1) is 15.2. The monoisotopic (exact) mass is 483 g/mol. The van der Waals surface area contributed by atoms with Crippen molar-refractivity contribution in [2.45, 2.75) is 56.8 Å². The third-order valence-electron chi connectivity index (χ3n) is 6.76. The van der Waals surface area contributed by atoms with Crippen LogP contribution in [-0.4, -0.2) is 94.7 Å². The van der Waals surface area contributed by atoms with Crippen molar-refractivity contribution >= 4 is 35.0 Å². The third kappa shape index (κ3) is 4.77. The van der Waals surface area contributed by atoms with Gasteiger partial charge < -0.3 is 19.6 Å². The maximum absolute atomic E-state index is 13.5. The van der Waals surface area contributed by atoms with Gasteiger partial charge in [0.25, 0.3) is 5.91 Å². The molecule has 3 atom stereocenters. The Kier molecular flexibility index (Phi) is 7.03. The largest absolute Gasteiger partial charge is 0.381 e. The van der Waals surface area contributed by atoms with E-state index in [9.17, 15) is 14.7 Å². The lowest BCUT2D eigenvalue weighted by Crippen LogP contribution is -2.73. The number of hydrogen-bond donors (Lipinski definition) is 1. The highest BCUT2D eigenvalue weighted by Gasteiger charge is 2.50. The van der Waals surface area contributed by atoms with E-state index in [1.54, 1.807) is 17.0 Å². The Morgan fingerprint density at radius 3 is 2.34 bits per heavy atom. The van der Waals surface area contributed by atoms with E-state index in [2.05, 4.69) is 4.90 Å². The summed E-state index contributed by atoms with van der Waals surface area (Å²) in [5.41, 5.74) is -0.669. The van der Waals surface area contributed by atoms with E-state index in [1.807, 2.05) is 11.0 Å². The molecule has 2 amide bonds. The van der Waals surface area contributed by atoms with Crippen LogP contribution in [-0.2, 0) is 20.7 Å². The van der Waals surface area contributed by atoms with E-state index in [4.69, 9.17) is 27.9 Å². The Labute approximate surface area is 199 Å². The lowest BCUT2D eigenvalue weighted by atomic mass is 9.89. The van der Waals surface area contributed by atoms with Crippen LogP contribution in [0, 0.1) is 0 Å². The van der Waals surface area contributed by atoms with Crippen LogP contribution >= 0.6 is 23.2 Å². The smallest absolute Gasteiger partial charge is 0.254 e. The zero-order chi connectivity index (χ0) is 23.0. The number of nitrogens with zero attached hydrogens (tertiary/aromatic N) is 3. The van der Waals surface area contributed by atoms with Gasteiger partial charge in [-0.3, -0.25) is 14.5 Å². The number of carbonyl (C=O) groups is 2. The number of halogens is 2. The minimum atomic E-state index is -1.47. The summed E-state index contributed by atoms with van der Waals surface area (Å²) in [6.07, 6.45) is 2.46. The predicted octanol–water partition coefficient (Wildman–Crippen LogP) is 2.21. The Bertz CT molecular complexity index is 869. The second-order valence-corrected chi connectivity index (χ2v) is 10.3. The van der Waals surface area contributed by atoms with Gasteiger partial charge in [0.2, 0.25) is 5.91 Å². The summed E-state index contributed by atoms with van der Waals surface area (Å²) in [5, 5.41) is 11.3. The molecule has 176 valence electrons. The Morgan fingerprint density at radius 1 is 1.03 bits per heavy atom. The van der Waals surface area contributed by atoms with Crippen LogP contribution in [0.3, 0.4) is 0 Å². The van der Waals surface area contributed by atoms with Gasteiger partial charge in [-0.2, -0.15) is 0 Å². The quantitative estimate of drug-likeness (QED) is 0.710. The standard InChI is InChI=1S/C23H31Cl2N3O4/c1-23(2,31)22(30)27-9-10-28(20(29)12-15-5-6-16(24)17(25)11-15)21-18(13-32-14-19(21)27)26-7-3-4-8-26/h5-6,11,18-19,21,31H,3-4,7-10,12-14H2,1-2H3/t18-,19+,21+/m0/s1. The molecule has 3 aliphatic rings.